The lowest BCUT2D eigenvalue weighted by Crippen LogP contribution is -2.41. The van der Waals surface area contributed by atoms with E-state index in [0.29, 0.717) is 48.0 Å². The van der Waals surface area contributed by atoms with Crippen molar-refractivity contribution in [1.82, 2.24) is 25.2 Å². The van der Waals surface area contributed by atoms with Crippen LogP contribution in [0.1, 0.15) is 59.9 Å². The van der Waals surface area contributed by atoms with Gasteiger partial charge in [-0.15, -0.1) is 0 Å². The highest BCUT2D eigenvalue weighted by atomic mass is 35.5. The second kappa shape index (κ2) is 11.6. The highest BCUT2D eigenvalue weighted by Crippen LogP contribution is 2.30. The van der Waals surface area contributed by atoms with Gasteiger partial charge in [0, 0.05) is 43.0 Å². The van der Waals surface area contributed by atoms with Gasteiger partial charge < -0.3 is 15.3 Å². The van der Waals surface area contributed by atoms with Crippen LogP contribution in [-0.4, -0.2) is 69.7 Å². The van der Waals surface area contributed by atoms with Crippen molar-refractivity contribution in [1.29, 1.82) is 0 Å². The normalized spacial score (nSPS) is 18.3. The van der Waals surface area contributed by atoms with Crippen molar-refractivity contribution in [2.24, 2.45) is 0 Å². The molecule has 1 atom stereocenters. The lowest BCUT2D eigenvalue weighted by molar-refractivity contribution is -0.145. The number of likely N-dealkylation sites (tertiary alicyclic amines) is 1. The summed E-state index contributed by atoms with van der Waals surface area (Å²) in [6, 6.07) is 6.71. The standard InChI is InChI=1S/C27H30ClF3N6O2/c28-20-5-6-21-19(4-7-23(35-21)37-12-8-18(38)9-13-37)24(20)25(39)32-16-22(36-10-2-1-3-11-36)17-14-33-26(34-15-17)27(29,30)31/h4-7,14-15,18,22,38H,1-3,8-13,16H2,(H,32,39). The summed E-state index contributed by atoms with van der Waals surface area (Å²) in [5.41, 5.74) is 1.42. The van der Waals surface area contributed by atoms with Crippen molar-refractivity contribution in [3.63, 3.8) is 0 Å². The van der Waals surface area contributed by atoms with Gasteiger partial charge in [-0.3, -0.25) is 9.69 Å². The zero-order valence-corrected chi connectivity index (χ0v) is 22.0. The molecule has 0 radical (unpaired) electrons. The largest absolute Gasteiger partial charge is 0.451 e. The van der Waals surface area contributed by atoms with Crippen LogP contribution in [0.2, 0.25) is 5.02 Å². The van der Waals surface area contributed by atoms with Gasteiger partial charge in [0.2, 0.25) is 5.82 Å². The first-order valence-corrected chi connectivity index (χ1v) is 13.5. The average Bonchev–Trinajstić information content (AvgIpc) is 2.93. The molecule has 5 rings (SSSR count). The van der Waals surface area contributed by atoms with E-state index >= 15 is 0 Å². The second-order valence-corrected chi connectivity index (χ2v) is 10.4. The molecular formula is C27H30ClF3N6O2. The zero-order valence-electron chi connectivity index (χ0n) is 21.3. The molecule has 2 aliphatic rings. The second-order valence-electron chi connectivity index (χ2n) is 10.0. The lowest BCUT2D eigenvalue weighted by Gasteiger charge is -2.34. The fourth-order valence-electron chi connectivity index (χ4n) is 5.29. The van der Waals surface area contributed by atoms with Crippen LogP contribution in [0.15, 0.2) is 36.7 Å². The molecule has 0 aliphatic carbocycles. The predicted octanol–water partition coefficient (Wildman–Crippen LogP) is 4.62. The molecule has 0 bridgehead atoms. The first-order chi connectivity index (χ1) is 18.7. The van der Waals surface area contributed by atoms with Gasteiger partial charge in [0.05, 0.1) is 28.2 Å². The molecule has 12 heteroatoms. The number of alkyl halides is 3. The number of carbonyl (C=O) groups excluding carboxylic acids is 1. The van der Waals surface area contributed by atoms with E-state index in [0.717, 1.165) is 38.2 Å². The van der Waals surface area contributed by atoms with Gasteiger partial charge in [-0.2, -0.15) is 13.2 Å². The summed E-state index contributed by atoms with van der Waals surface area (Å²) in [5, 5.41) is 13.6. The number of aromatic nitrogens is 3. The number of nitrogens with zero attached hydrogens (tertiary/aromatic N) is 5. The molecule has 2 aromatic heterocycles. The molecule has 8 nitrogen and oxygen atoms in total. The number of pyridine rings is 1. The molecule has 3 aromatic rings. The van der Waals surface area contributed by atoms with E-state index in [2.05, 4.69) is 25.1 Å². The Morgan fingerprint density at radius 1 is 1.05 bits per heavy atom. The van der Waals surface area contributed by atoms with Crippen molar-refractivity contribution < 1.29 is 23.1 Å². The molecule has 39 heavy (non-hydrogen) atoms. The van der Waals surface area contributed by atoms with Crippen LogP contribution in [0.25, 0.3) is 10.9 Å². The molecule has 2 aliphatic heterocycles. The molecular weight excluding hydrogens is 533 g/mol. The number of fused-ring (bicyclic) bond motifs is 1. The maximum atomic E-state index is 13.4. The van der Waals surface area contributed by atoms with Crippen LogP contribution < -0.4 is 10.2 Å². The van der Waals surface area contributed by atoms with Crippen molar-refractivity contribution >= 4 is 34.2 Å². The van der Waals surface area contributed by atoms with Gasteiger partial charge >= 0.3 is 6.18 Å². The summed E-state index contributed by atoms with van der Waals surface area (Å²) in [7, 11) is 0. The summed E-state index contributed by atoms with van der Waals surface area (Å²) in [6.07, 6.45) is 1.83. The Hall–Kier alpha value is -3.02. The van der Waals surface area contributed by atoms with E-state index in [1.165, 1.54) is 12.4 Å². The minimum absolute atomic E-state index is 0.155. The molecule has 0 spiro atoms. The summed E-state index contributed by atoms with van der Waals surface area (Å²) in [5.74, 6) is -0.811. The molecule has 1 aromatic carbocycles. The number of rotatable bonds is 6. The highest BCUT2D eigenvalue weighted by Gasteiger charge is 2.35. The molecule has 208 valence electrons. The van der Waals surface area contributed by atoms with Crippen LogP contribution in [0, 0.1) is 0 Å². The Morgan fingerprint density at radius 3 is 2.41 bits per heavy atom. The number of halogens is 4. The third-order valence-electron chi connectivity index (χ3n) is 7.42. The number of hydrogen-bond donors (Lipinski definition) is 2. The number of aliphatic hydroxyl groups is 1. The molecule has 4 heterocycles. The molecule has 2 N–H and O–H groups in total. The van der Waals surface area contributed by atoms with Crippen molar-refractivity contribution in [3.05, 3.63) is 58.6 Å². The van der Waals surface area contributed by atoms with E-state index in [-0.39, 0.29) is 23.7 Å². The number of benzene rings is 1. The number of aliphatic hydroxyl groups excluding tert-OH is 1. The van der Waals surface area contributed by atoms with E-state index in [9.17, 15) is 23.1 Å². The average molecular weight is 563 g/mol. The third-order valence-corrected chi connectivity index (χ3v) is 7.73. The van der Waals surface area contributed by atoms with Crippen LogP contribution in [0.5, 0.6) is 0 Å². The predicted molar refractivity (Wildman–Crippen MR) is 142 cm³/mol. The molecule has 2 saturated heterocycles. The molecule has 2 fully saturated rings. The van der Waals surface area contributed by atoms with Crippen molar-refractivity contribution in [3.8, 4) is 0 Å². The topological polar surface area (TPSA) is 94.5 Å². The summed E-state index contributed by atoms with van der Waals surface area (Å²) < 4.78 is 39.0. The Morgan fingerprint density at radius 2 is 1.74 bits per heavy atom. The van der Waals surface area contributed by atoms with Gasteiger partial charge in [-0.05, 0) is 63.0 Å². The number of piperidine rings is 2. The van der Waals surface area contributed by atoms with Gasteiger partial charge in [-0.25, -0.2) is 15.0 Å². The van der Waals surface area contributed by atoms with Gasteiger partial charge in [0.15, 0.2) is 0 Å². The smallest absolute Gasteiger partial charge is 0.393 e. The SMILES string of the molecule is O=C(NCC(c1cnc(C(F)(F)F)nc1)N1CCCCC1)c1c(Cl)ccc2nc(N3CCC(O)CC3)ccc12. The maximum Gasteiger partial charge on any atom is 0.451 e. The molecule has 1 unspecified atom stereocenters. The molecule has 0 saturated carbocycles. The monoisotopic (exact) mass is 562 g/mol. The number of carbonyl (C=O) groups is 1. The minimum atomic E-state index is -4.62. The number of amides is 1. The van der Waals surface area contributed by atoms with Crippen LogP contribution in [0.3, 0.4) is 0 Å². The third kappa shape index (κ3) is 6.26. The van der Waals surface area contributed by atoms with E-state index in [1.807, 2.05) is 12.1 Å². The number of hydrogen-bond acceptors (Lipinski definition) is 7. The molecule has 1 amide bonds. The Balaban J connectivity index is 1.37. The van der Waals surface area contributed by atoms with Crippen LogP contribution in [-0.2, 0) is 6.18 Å². The van der Waals surface area contributed by atoms with Crippen molar-refractivity contribution in [2.45, 2.75) is 50.4 Å². The number of nitrogens with one attached hydrogen (secondary N) is 1. The van der Waals surface area contributed by atoms with Gasteiger partial charge in [0.25, 0.3) is 5.91 Å². The number of anilines is 1. The quantitative estimate of drug-likeness (QED) is 0.453. The first kappa shape index (κ1) is 27.5. The highest BCUT2D eigenvalue weighted by molar-refractivity contribution is 6.35. The summed E-state index contributed by atoms with van der Waals surface area (Å²) in [4.78, 5) is 29.5. The zero-order chi connectivity index (χ0) is 27.6. The maximum absolute atomic E-state index is 13.4. The first-order valence-electron chi connectivity index (χ1n) is 13.1. The Kier molecular flexibility index (Phi) is 8.20. The van der Waals surface area contributed by atoms with Crippen molar-refractivity contribution in [2.75, 3.05) is 37.6 Å². The van der Waals surface area contributed by atoms with Crippen LogP contribution >= 0.6 is 11.6 Å². The fraction of sp³-hybridized carbons (Fsp3) is 0.481. The van der Waals surface area contributed by atoms with Crippen LogP contribution in [0.4, 0.5) is 19.0 Å². The van der Waals surface area contributed by atoms with E-state index in [4.69, 9.17) is 16.6 Å². The minimum Gasteiger partial charge on any atom is -0.393 e. The summed E-state index contributed by atoms with van der Waals surface area (Å²) in [6.45, 7) is 3.08. The van der Waals surface area contributed by atoms with E-state index < -0.39 is 17.9 Å². The summed E-state index contributed by atoms with van der Waals surface area (Å²) >= 11 is 6.48. The Labute approximate surface area is 229 Å². The van der Waals surface area contributed by atoms with E-state index in [1.54, 1.807) is 12.1 Å². The fourth-order valence-corrected chi connectivity index (χ4v) is 5.54. The lowest BCUT2D eigenvalue weighted by atomic mass is 10.0. The Bertz CT molecular complexity index is 1310. The van der Waals surface area contributed by atoms with Gasteiger partial charge in [0.1, 0.15) is 5.82 Å². The van der Waals surface area contributed by atoms with Gasteiger partial charge in [-0.1, -0.05) is 18.0 Å².